The van der Waals surface area contributed by atoms with Crippen LogP contribution in [0.15, 0.2) is 0 Å². The van der Waals surface area contributed by atoms with Crippen LogP contribution in [-0.2, 0) is 4.79 Å². The van der Waals surface area contributed by atoms with Gasteiger partial charge in [0.05, 0.1) is 0 Å². The lowest BCUT2D eigenvalue weighted by Gasteiger charge is -2.22. The molecule has 0 spiro atoms. The largest absolute Gasteiger partial charge is 0.299 e. The Kier molecular flexibility index (Phi) is 6.06. The van der Waals surface area contributed by atoms with E-state index in [0.29, 0.717) is 23.5 Å². The van der Waals surface area contributed by atoms with Gasteiger partial charge in [-0.1, -0.05) is 41.5 Å². The van der Waals surface area contributed by atoms with Crippen LogP contribution in [0.25, 0.3) is 0 Å². The first-order valence-electron chi connectivity index (χ1n) is 5.87. The molecule has 0 aliphatic heterocycles. The topological polar surface area (TPSA) is 17.1 Å². The lowest BCUT2D eigenvalue weighted by atomic mass is 9.82. The van der Waals surface area contributed by atoms with Crippen LogP contribution in [0.3, 0.4) is 0 Å². The number of rotatable bonds is 6. The van der Waals surface area contributed by atoms with Crippen molar-refractivity contribution in [2.45, 2.75) is 54.4 Å². The van der Waals surface area contributed by atoms with Gasteiger partial charge in [0.25, 0.3) is 0 Å². The lowest BCUT2D eigenvalue weighted by molar-refractivity contribution is -0.125. The van der Waals surface area contributed by atoms with Crippen molar-refractivity contribution in [2.75, 3.05) is 0 Å². The van der Waals surface area contributed by atoms with E-state index in [1.807, 2.05) is 0 Å². The van der Waals surface area contributed by atoms with Crippen LogP contribution >= 0.6 is 0 Å². The fourth-order valence-electron chi connectivity index (χ4n) is 1.84. The Balaban J connectivity index is 4.26. The first-order valence-corrected chi connectivity index (χ1v) is 5.87. The molecule has 0 bridgehead atoms. The van der Waals surface area contributed by atoms with E-state index in [1.165, 1.54) is 0 Å². The number of Topliss-reactive ketones (excluding diaryl/α,β-unsaturated/α-hetero) is 1. The molecule has 0 aromatic heterocycles. The summed E-state index contributed by atoms with van der Waals surface area (Å²) in [4.78, 5) is 11.9. The number of hydrogen-bond donors (Lipinski definition) is 0. The minimum atomic E-state index is 0.275. The number of carbonyl (C=O) groups is 1. The zero-order valence-electron chi connectivity index (χ0n) is 10.6. The Hall–Kier alpha value is -0.330. The number of ketones is 1. The van der Waals surface area contributed by atoms with Crippen LogP contribution in [0, 0.1) is 23.7 Å². The van der Waals surface area contributed by atoms with Gasteiger partial charge in [-0.15, -0.1) is 0 Å². The highest BCUT2D eigenvalue weighted by Gasteiger charge is 2.23. The molecule has 0 rings (SSSR count). The molecular weight excluding hydrogens is 172 g/mol. The van der Waals surface area contributed by atoms with E-state index in [2.05, 4.69) is 41.5 Å². The van der Waals surface area contributed by atoms with Crippen LogP contribution in [0.2, 0.25) is 0 Å². The van der Waals surface area contributed by atoms with Crippen LogP contribution < -0.4 is 0 Å². The Morgan fingerprint density at radius 2 is 1.43 bits per heavy atom. The van der Waals surface area contributed by atoms with Gasteiger partial charge in [0.2, 0.25) is 0 Å². The summed E-state index contributed by atoms with van der Waals surface area (Å²) >= 11 is 0. The van der Waals surface area contributed by atoms with E-state index in [-0.39, 0.29) is 5.92 Å². The molecule has 1 atom stereocenters. The molecular formula is C13H26O. The zero-order chi connectivity index (χ0) is 11.3. The molecule has 0 aromatic rings. The molecule has 1 heteroatoms. The van der Waals surface area contributed by atoms with Crippen molar-refractivity contribution < 1.29 is 4.79 Å². The second-order valence-corrected chi connectivity index (χ2v) is 5.54. The summed E-state index contributed by atoms with van der Waals surface area (Å²) in [6, 6.07) is 0. The summed E-state index contributed by atoms with van der Waals surface area (Å²) in [5, 5.41) is 0. The van der Waals surface area contributed by atoms with Crippen molar-refractivity contribution in [3.05, 3.63) is 0 Å². The van der Waals surface area contributed by atoms with Crippen molar-refractivity contribution in [2.24, 2.45) is 23.7 Å². The van der Waals surface area contributed by atoms with Gasteiger partial charge in [-0.3, -0.25) is 4.79 Å². The third-order valence-corrected chi connectivity index (χ3v) is 2.55. The second kappa shape index (κ2) is 6.21. The molecule has 0 amide bonds. The van der Waals surface area contributed by atoms with Gasteiger partial charge >= 0.3 is 0 Å². The molecule has 0 N–H and O–H groups in total. The normalized spacial score (nSPS) is 14.1. The molecule has 0 saturated carbocycles. The van der Waals surface area contributed by atoms with Crippen molar-refractivity contribution in [3.8, 4) is 0 Å². The SMILES string of the molecule is CC(C)CC(=O)[C@@H](CC(C)C)C(C)C. The fraction of sp³-hybridized carbons (Fsp3) is 0.923. The van der Waals surface area contributed by atoms with E-state index in [1.54, 1.807) is 0 Å². The van der Waals surface area contributed by atoms with Crippen molar-refractivity contribution in [1.29, 1.82) is 0 Å². The molecule has 14 heavy (non-hydrogen) atoms. The molecule has 0 unspecified atom stereocenters. The number of carbonyl (C=O) groups excluding carboxylic acids is 1. The minimum Gasteiger partial charge on any atom is -0.299 e. The van der Waals surface area contributed by atoms with E-state index < -0.39 is 0 Å². The molecule has 84 valence electrons. The van der Waals surface area contributed by atoms with Crippen LogP contribution in [0.4, 0.5) is 0 Å². The highest BCUT2D eigenvalue weighted by Crippen LogP contribution is 2.23. The van der Waals surface area contributed by atoms with E-state index >= 15 is 0 Å². The van der Waals surface area contributed by atoms with Gasteiger partial charge in [-0.2, -0.15) is 0 Å². The summed E-state index contributed by atoms with van der Waals surface area (Å²) in [6.07, 6.45) is 1.79. The minimum absolute atomic E-state index is 0.275. The smallest absolute Gasteiger partial charge is 0.136 e. The summed E-state index contributed by atoms with van der Waals surface area (Å²) in [5.74, 6) is 2.35. The van der Waals surface area contributed by atoms with Gasteiger partial charge < -0.3 is 0 Å². The summed E-state index contributed by atoms with van der Waals surface area (Å²) in [5.41, 5.74) is 0. The fourth-order valence-corrected chi connectivity index (χ4v) is 1.84. The average Bonchev–Trinajstić information content (AvgIpc) is 1.97. The number of hydrogen-bond acceptors (Lipinski definition) is 1. The Labute approximate surface area is 89.3 Å². The molecule has 0 aromatic carbocycles. The molecule has 0 aliphatic carbocycles. The van der Waals surface area contributed by atoms with Crippen LogP contribution in [0.1, 0.15) is 54.4 Å². The molecule has 0 saturated heterocycles. The maximum atomic E-state index is 11.9. The third kappa shape index (κ3) is 5.41. The predicted molar refractivity (Wildman–Crippen MR) is 62.2 cm³/mol. The maximum Gasteiger partial charge on any atom is 0.136 e. The Morgan fingerprint density at radius 3 is 1.71 bits per heavy atom. The molecule has 1 nitrogen and oxygen atoms in total. The van der Waals surface area contributed by atoms with E-state index in [9.17, 15) is 4.79 Å². The first-order chi connectivity index (χ1) is 6.34. The first kappa shape index (κ1) is 13.7. The van der Waals surface area contributed by atoms with E-state index in [4.69, 9.17) is 0 Å². The molecule has 0 aliphatic rings. The van der Waals surface area contributed by atoms with Crippen LogP contribution in [0.5, 0.6) is 0 Å². The monoisotopic (exact) mass is 198 g/mol. The van der Waals surface area contributed by atoms with Crippen molar-refractivity contribution in [1.82, 2.24) is 0 Å². The van der Waals surface area contributed by atoms with Gasteiger partial charge in [-0.25, -0.2) is 0 Å². The second-order valence-electron chi connectivity index (χ2n) is 5.54. The predicted octanol–water partition coefficient (Wildman–Crippen LogP) is 3.92. The summed E-state index contributed by atoms with van der Waals surface area (Å²) in [7, 11) is 0. The Bertz CT molecular complexity index is 168. The van der Waals surface area contributed by atoms with Gasteiger partial charge in [-0.05, 0) is 24.2 Å². The van der Waals surface area contributed by atoms with Crippen molar-refractivity contribution in [3.63, 3.8) is 0 Å². The van der Waals surface area contributed by atoms with Gasteiger partial charge in [0, 0.05) is 12.3 Å². The summed E-state index contributed by atoms with van der Waals surface area (Å²) in [6.45, 7) is 12.9. The molecule has 0 fully saturated rings. The Morgan fingerprint density at radius 1 is 0.929 bits per heavy atom. The highest BCUT2D eigenvalue weighted by molar-refractivity contribution is 5.81. The standard InChI is InChI=1S/C13H26O/c1-9(2)7-12(11(5)6)13(14)8-10(3)4/h9-12H,7-8H2,1-6H3/t12-/m0/s1. The average molecular weight is 198 g/mol. The van der Waals surface area contributed by atoms with Gasteiger partial charge in [0.15, 0.2) is 0 Å². The van der Waals surface area contributed by atoms with Gasteiger partial charge in [0.1, 0.15) is 5.78 Å². The quantitative estimate of drug-likeness (QED) is 0.632. The van der Waals surface area contributed by atoms with Crippen molar-refractivity contribution >= 4 is 5.78 Å². The third-order valence-electron chi connectivity index (χ3n) is 2.55. The molecule has 0 radical (unpaired) electrons. The maximum absolute atomic E-state index is 11.9. The molecule has 0 heterocycles. The highest BCUT2D eigenvalue weighted by atomic mass is 16.1. The lowest BCUT2D eigenvalue weighted by Crippen LogP contribution is -2.23. The zero-order valence-corrected chi connectivity index (χ0v) is 10.6. The summed E-state index contributed by atoms with van der Waals surface area (Å²) < 4.78 is 0. The van der Waals surface area contributed by atoms with Crippen LogP contribution in [-0.4, -0.2) is 5.78 Å². The van der Waals surface area contributed by atoms with E-state index in [0.717, 1.165) is 12.8 Å².